The fourth-order valence-electron chi connectivity index (χ4n) is 4.35. The molecule has 0 radical (unpaired) electrons. The van der Waals surface area contributed by atoms with E-state index in [9.17, 15) is 14.7 Å². The van der Waals surface area contributed by atoms with E-state index in [2.05, 4.69) is 48.5 Å². The first-order valence-corrected chi connectivity index (χ1v) is 13.3. The summed E-state index contributed by atoms with van der Waals surface area (Å²) in [5.41, 5.74) is 0.819. The third kappa shape index (κ3) is 9.16. The lowest BCUT2D eigenvalue weighted by molar-refractivity contribution is -0.150. The van der Waals surface area contributed by atoms with Crippen LogP contribution < -0.4 is 4.90 Å². The van der Waals surface area contributed by atoms with Gasteiger partial charge in [-0.2, -0.15) is 0 Å². The quantitative estimate of drug-likeness (QED) is 0.242. The highest BCUT2D eigenvalue weighted by Gasteiger charge is 2.35. The molecule has 0 fully saturated rings. The second-order valence-electron chi connectivity index (χ2n) is 12.6. The molecule has 1 N–H and O–H groups in total. The number of hydrogen-bond acceptors (Lipinski definition) is 4. The van der Waals surface area contributed by atoms with Crippen molar-refractivity contribution >= 4 is 17.6 Å². The van der Waals surface area contributed by atoms with Crippen molar-refractivity contribution in [2.75, 3.05) is 18.6 Å². The van der Waals surface area contributed by atoms with Gasteiger partial charge in [0.05, 0.1) is 12.5 Å². The Balaban J connectivity index is 3.37. The van der Waals surface area contributed by atoms with E-state index in [0.29, 0.717) is 6.42 Å². The number of unbranched alkanes of at least 4 members (excludes halogenated alkanes) is 6. The van der Waals surface area contributed by atoms with Crippen LogP contribution in [0.3, 0.4) is 0 Å². The molecule has 0 atom stereocenters. The predicted molar refractivity (Wildman–Crippen MR) is 146 cm³/mol. The zero-order valence-electron chi connectivity index (χ0n) is 24.1. The number of aromatic hydroxyl groups is 1. The van der Waals surface area contributed by atoms with Crippen molar-refractivity contribution in [3.05, 3.63) is 23.3 Å². The van der Waals surface area contributed by atoms with Crippen LogP contribution in [0.4, 0.5) is 5.69 Å². The Labute approximate surface area is 214 Å². The molecule has 200 valence electrons. The molecular formula is C30H51NO4. The number of rotatable bonds is 12. The van der Waals surface area contributed by atoms with Gasteiger partial charge in [-0.15, -0.1) is 0 Å². The van der Waals surface area contributed by atoms with Gasteiger partial charge in [0.15, 0.2) is 0 Å². The average Bonchev–Trinajstić information content (AvgIpc) is 2.74. The first-order valence-electron chi connectivity index (χ1n) is 13.3. The van der Waals surface area contributed by atoms with E-state index in [0.717, 1.165) is 36.1 Å². The maximum Gasteiger partial charge on any atom is 0.313 e. The van der Waals surface area contributed by atoms with Gasteiger partial charge in [-0.05, 0) is 43.2 Å². The van der Waals surface area contributed by atoms with Gasteiger partial charge < -0.3 is 14.7 Å². The largest absolute Gasteiger partial charge is 0.507 e. The van der Waals surface area contributed by atoms with Crippen LogP contribution >= 0.6 is 0 Å². The smallest absolute Gasteiger partial charge is 0.313 e. The van der Waals surface area contributed by atoms with Crippen LogP contribution in [-0.2, 0) is 25.2 Å². The van der Waals surface area contributed by atoms with Crippen molar-refractivity contribution in [1.82, 2.24) is 0 Å². The highest BCUT2D eigenvalue weighted by molar-refractivity contribution is 5.95. The molecule has 0 aliphatic carbocycles. The third-order valence-electron chi connectivity index (χ3n) is 6.61. The van der Waals surface area contributed by atoms with Gasteiger partial charge >= 0.3 is 5.97 Å². The van der Waals surface area contributed by atoms with Gasteiger partial charge in [0.25, 0.3) is 0 Å². The fraction of sp³-hybridized carbons (Fsp3) is 0.733. The van der Waals surface area contributed by atoms with E-state index < -0.39 is 5.41 Å². The summed E-state index contributed by atoms with van der Waals surface area (Å²) in [6.45, 7) is 18.4. The molecule has 1 amide bonds. The molecule has 0 bridgehead atoms. The van der Waals surface area contributed by atoms with Gasteiger partial charge in [0.1, 0.15) is 5.75 Å². The number of ether oxygens (including phenoxy) is 1. The molecule has 1 aromatic rings. The molecule has 5 heteroatoms. The molecule has 0 spiro atoms. The van der Waals surface area contributed by atoms with E-state index in [4.69, 9.17) is 4.74 Å². The Morgan fingerprint density at radius 1 is 0.829 bits per heavy atom. The summed E-state index contributed by atoms with van der Waals surface area (Å²) >= 11 is 0. The number of esters is 1. The molecule has 1 aromatic carbocycles. The summed E-state index contributed by atoms with van der Waals surface area (Å²) in [6, 6.07) is 3.83. The first-order chi connectivity index (χ1) is 16.1. The Hall–Kier alpha value is -2.04. The number of benzene rings is 1. The van der Waals surface area contributed by atoms with Gasteiger partial charge in [0, 0.05) is 29.8 Å². The average molecular weight is 490 g/mol. The number of carbonyl (C=O) groups is 2. The normalized spacial score (nSPS) is 12.5. The number of anilines is 1. The van der Waals surface area contributed by atoms with E-state index in [1.165, 1.54) is 32.8 Å². The van der Waals surface area contributed by atoms with Crippen LogP contribution in [0.15, 0.2) is 12.1 Å². The van der Waals surface area contributed by atoms with Crippen molar-refractivity contribution in [2.24, 2.45) is 5.41 Å². The van der Waals surface area contributed by atoms with E-state index in [1.807, 2.05) is 26.0 Å². The topological polar surface area (TPSA) is 66.8 Å². The molecule has 0 aromatic heterocycles. The molecule has 0 aliphatic heterocycles. The van der Waals surface area contributed by atoms with Crippen LogP contribution in [0.25, 0.3) is 0 Å². The van der Waals surface area contributed by atoms with E-state index in [1.54, 1.807) is 4.90 Å². The monoisotopic (exact) mass is 489 g/mol. The summed E-state index contributed by atoms with van der Waals surface area (Å²) in [4.78, 5) is 27.8. The number of carbonyl (C=O) groups excluding carboxylic acids is 2. The maximum atomic E-state index is 13.6. The highest BCUT2D eigenvalue weighted by atomic mass is 16.5. The molecule has 1 rings (SSSR count). The number of nitrogens with zero attached hydrogens (tertiary/aromatic N) is 1. The molecule has 0 saturated heterocycles. The summed E-state index contributed by atoms with van der Waals surface area (Å²) in [7, 11) is 1.38. The lowest BCUT2D eigenvalue weighted by Gasteiger charge is -2.34. The predicted octanol–water partition coefficient (Wildman–Crippen LogP) is 7.66. The van der Waals surface area contributed by atoms with Crippen LogP contribution in [0, 0.1) is 5.41 Å². The minimum absolute atomic E-state index is 0.000874. The fourth-order valence-corrected chi connectivity index (χ4v) is 4.35. The third-order valence-corrected chi connectivity index (χ3v) is 6.61. The standard InChI is InChI=1S/C30H51NO4/c1-11-12-13-14-15-16-17-18-25(32)31(21-30(8,9)27(34)35-10)22-19-23(28(2,3)4)26(33)24(20-22)29(5,6)7/h19-20,33H,11-18,21H2,1-10H3. The number of amides is 1. The minimum Gasteiger partial charge on any atom is -0.507 e. The van der Waals surface area contributed by atoms with Crippen molar-refractivity contribution in [1.29, 1.82) is 0 Å². The number of hydrogen-bond donors (Lipinski definition) is 1. The van der Waals surface area contributed by atoms with Gasteiger partial charge in [0.2, 0.25) is 5.91 Å². The van der Waals surface area contributed by atoms with Crippen molar-refractivity contribution in [3.63, 3.8) is 0 Å². The maximum absolute atomic E-state index is 13.6. The van der Waals surface area contributed by atoms with Crippen LogP contribution in [-0.4, -0.2) is 30.6 Å². The minimum atomic E-state index is -0.869. The molecular weight excluding hydrogens is 438 g/mol. The number of phenolic OH excluding ortho intramolecular Hbond substituents is 1. The Morgan fingerprint density at radius 3 is 1.71 bits per heavy atom. The second kappa shape index (κ2) is 12.8. The van der Waals surface area contributed by atoms with Crippen molar-refractivity contribution in [3.8, 4) is 5.75 Å². The Bertz CT molecular complexity index is 808. The number of methoxy groups -OCH3 is 1. The second-order valence-corrected chi connectivity index (χ2v) is 12.6. The zero-order chi connectivity index (χ0) is 27.0. The Kier molecular flexibility index (Phi) is 11.3. The van der Waals surface area contributed by atoms with Crippen molar-refractivity contribution in [2.45, 2.75) is 125 Å². The molecule has 0 aliphatic rings. The Morgan fingerprint density at radius 2 is 1.29 bits per heavy atom. The van der Waals surface area contributed by atoms with E-state index >= 15 is 0 Å². The number of phenols is 1. The molecule has 0 unspecified atom stereocenters. The summed E-state index contributed by atoms with van der Waals surface area (Å²) in [5.74, 6) is -0.0708. The summed E-state index contributed by atoms with van der Waals surface area (Å²) in [5, 5.41) is 11.1. The lowest BCUT2D eigenvalue weighted by Crippen LogP contribution is -2.43. The lowest BCUT2D eigenvalue weighted by atomic mass is 9.79. The van der Waals surface area contributed by atoms with E-state index in [-0.39, 0.29) is 35.0 Å². The molecule has 5 nitrogen and oxygen atoms in total. The van der Waals surface area contributed by atoms with Gasteiger partial charge in [-0.25, -0.2) is 0 Å². The molecule has 0 saturated carbocycles. The summed E-state index contributed by atoms with van der Waals surface area (Å²) in [6.07, 6.45) is 8.39. The first kappa shape index (κ1) is 31.0. The van der Waals surface area contributed by atoms with Crippen molar-refractivity contribution < 1.29 is 19.4 Å². The van der Waals surface area contributed by atoms with Crippen LogP contribution in [0.1, 0.15) is 125 Å². The van der Waals surface area contributed by atoms with Crippen LogP contribution in [0.2, 0.25) is 0 Å². The zero-order valence-corrected chi connectivity index (χ0v) is 24.1. The van der Waals surface area contributed by atoms with Crippen LogP contribution in [0.5, 0.6) is 5.75 Å². The summed E-state index contributed by atoms with van der Waals surface area (Å²) < 4.78 is 5.03. The molecule has 0 heterocycles. The highest BCUT2D eigenvalue weighted by Crippen LogP contribution is 2.42. The van der Waals surface area contributed by atoms with Gasteiger partial charge in [-0.1, -0.05) is 87.0 Å². The molecule has 35 heavy (non-hydrogen) atoms. The van der Waals surface area contributed by atoms with Gasteiger partial charge in [-0.3, -0.25) is 9.59 Å². The SMILES string of the molecule is CCCCCCCCCC(=O)N(CC(C)(C)C(=O)OC)c1cc(C(C)(C)C)c(O)c(C(C)(C)C)c1.